The molecule has 0 radical (unpaired) electrons. The van der Waals surface area contributed by atoms with Gasteiger partial charge in [0.15, 0.2) is 0 Å². The van der Waals surface area contributed by atoms with Crippen LogP contribution >= 0.6 is 8.73 Å². The number of rotatable bonds is 0. The van der Waals surface area contributed by atoms with E-state index in [0.717, 1.165) is 8.73 Å². The predicted molar refractivity (Wildman–Crippen MR) is 28.4 cm³/mol. The fraction of sp³-hybridized carbons (Fsp3) is 0.333. The lowest BCUT2D eigenvalue weighted by Gasteiger charge is -2.04. The quantitative estimate of drug-likeness (QED) is 0.448. The molecule has 1 N–H and O–H groups in total. The van der Waals surface area contributed by atoms with Crippen LogP contribution in [0.15, 0.2) is 12.0 Å². The Morgan fingerprint density at radius 2 is 2.67 bits per heavy atom. The highest BCUT2D eigenvalue weighted by Crippen LogP contribution is 2.17. The summed E-state index contributed by atoms with van der Waals surface area (Å²) in [5.41, 5.74) is 2.98. The van der Waals surface area contributed by atoms with Crippen LogP contribution in [0.1, 0.15) is 0 Å². The van der Waals surface area contributed by atoms with Crippen molar-refractivity contribution in [3.63, 3.8) is 0 Å². The van der Waals surface area contributed by atoms with E-state index in [0.29, 0.717) is 0 Å². The highest BCUT2D eigenvalue weighted by Gasteiger charge is 1.92. The maximum atomic E-state index is 2.98. The van der Waals surface area contributed by atoms with Gasteiger partial charge in [-0.05, 0) is 14.5 Å². The van der Waals surface area contributed by atoms with Crippen LogP contribution in [0.25, 0.3) is 0 Å². The van der Waals surface area contributed by atoms with Crippen molar-refractivity contribution >= 4 is 8.73 Å². The first-order chi connectivity index (χ1) is 2.89. The van der Waals surface area contributed by atoms with Crippen LogP contribution in [0, 0.1) is 0 Å². The first-order valence-electron chi connectivity index (χ1n) is 1.81. The molecule has 2 nitrogen and oxygen atoms in total. The molecule has 6 heavy (non-hydrogen) atoms. The van der Waals surface area contributed by atoms with Crippen LogP contribution in [-0.4, -0.2) is 11.8 Å². The fourth-order valence-corrected chi connectivity index (χ4v) is 0.857. The van der Waals surface area contributed by atoms with Crippen molar-refractivity contribution in [3.05, 3.63) is 12.0 Å². The van der Waals surface area contributed by atoms with Gasteiger partial charge in [-0.2, -0.15) is 0 Å². The molecule has 0 spiro atoms. The highest BCUT2D eigenvalue weighted by atomic mass is 31.1. The van der Waals surface area contributed by atoms with Crippen molar-refractivity contribution in [2.45, 2.75) is 0 Å². The van der Waals surface area contributed by atoms with Crippen LogP contribution in [-0.2, 0) is 0 Å². The molecule has 34 valence electrons. The van der Waals surface area contributed by atoms with Crippen molar-refractivity contribution in [2.24, 2.45) is 0 Å². The Morgan fingerprint density at radius 1 is 1.83 bits per heavy atom. The van der Waals surface area contributed by atoms with E-state index in [1.165, 1.54) is 0 Å². The van der Waals surface area contributed by atoms with E-state index >= 15 is 0 Å². The van der Waals surface area contributed by atoms with E-state index < -0.39 is 0 Å². The molecule has 3 heteroatoms. The molecule has 1 heterocycles. The normalized spacial score (nSPS) is 25.5. The van der Waals surface area contributed by atoms with Crippen molar-refractivity contribution < 1.29 is 0 Å². The Labute approximate surface area is 39.0 Å². The molecule has 0 saturated heterocycles. The first-order valence-corrected chi connectivity index (χ1v) is 2.83. The summed E-state index contributed by atoms with van der Waals surface area (Å²) in [5.74, 6) is 2.10. The number of nitrogens with zero attached hydrogens (tertiary/aromatic N) is 1. The molecule has 0 amide bonds. The molecule has 1 aliphatic rings. The lowest BCUT2D eigenvalue weighted by atomic mass is 11.1. The lowest BCUT2D eigenvalue weighted by Crippen LogP contribution is -2.15. The maximum Gasteiger partial charge on any atom is 0.0146 e. The maximum absolute atomic E-state index is 2.98. The van der Waals surface area contributed by atoms with Crippen molar-refractivity contribution in [1.29, 1.82) is 0 Å². The average Bonchev–Trinajstić information content (AvgIpc) is 1.86. The number of hydrogen-bond donors (Lipinski definition) is 1. The highest BCUT2D eigenvalue weighted by molar-refractivity contribution is 7.39. The standard InChI is InChI=1S/C3H7N2P/c1-5-4-2-3-6-5/h2-4,6H,1H3. The molecule has 1 aliphatic heterocycles. The van der Waals surface area contributed by atoms with Gasteiger partial charge in [0.2, 0.25) is 0 Å². The Morgan fingerprint density at radius 3 is 2.83 bits per heavy atom. The van der Waals surface area contributed by atoms with E-state index in [9.17, 15) is 0 Å². The third-order valence-corrected chi connectivity index (χ3v) is 1.45. The van der Waals surface area contributed by atoms with Gasteiger partial charge in [0.25, 0.3) is 0 Å². The summed E-state index contributed by atoms with van der Waals surface area (Å²) in [7, 11) is 2.84. The number of nitrogens with one attached hydrogen (secondary N) is 1. The molecule has 0 saturated carbocycles. The monoisotopic (exact) mass is 102 g/mol. The van der Waals surface area contributed by atoms with Gasteiger partial charge in [0.1, 0.15) is 0 Å². The molecule has 1 rings (SSSR count). The zero-order valence-corrected chi connectivity index (χ0v) is 4.60. The summed E-state index contributed by atoms with van der Waals surface area (Å²) in [6.45, 7) is 0. The summed E-state index contributed by atoms with van der Waals surface area (Å²) in [4.78, 5) is 0. The van der Waals surface area contributed by atoms with Crippen molar-refractivity contribution in [2.75, 3.05) is 7.05 Å². The Kier molecular flexibility index (Phi) is 1.08. The lowest BCUT2D eigenvalue weighted by molar-refractivity contribution is 0.497. The first kappa shape index (κ1) is 4.10. The average molecular weight is 102 g/mol. The second kappa shape index (κ2) is 1.59. The van der Waals surface area contributed by atoms with Gasteiger partial charge in [0.05, 0.1) is 0 Å². The smallest absolute Gasteiger partial charge is 0.0146 e. The third kappa shape index (κ3) is 0.703. The molecule has 0 aliphatic carbocycles. The summed E-state index contributed by atoms with van der Waals surface area (Å²) in [6, 6.07) is 0. The van der Waals surface area contributed by atoms with Crippen LogP contribution in [0.3, 0.4) is 0 Å². The summed E-state index contributed by atoms with van der Waals surface area (Å²) in [5, 5.41) is 0. The van der Waals surface area contributed by atoms with Gasteiger partial charge in [-0.25, -0.2) is 4.78 Å². The Hall–Kier alpha value is -0.0700. The number of hydrogen-bond acceptors (Lipinski definition) is 2. The second-order valence-electron chi connectivity index (χ2n) is 1.15. The molecule has 0 bridgehead atoms. The summed E-state index contributed by atoms with van der Waals surface area (Å²) in [6.07, 6.45) is 1.94. The zero-order valence-electron chi connectivity index (χ0n) is 3.60. The molecule has 0 aromatic rings. The minimum absolute atomic E-state index is 0.824. The van der Waals surface area contributed by atoms with Crippen LogP contribution in [0.2, 0.25) is 0 Å². The van der Waals surface area contributed by atoms with Crippen LogP contribution in [0.4, 0.5) is 0 Å². The van der Waals surface area contributed by atoms with Crippen LogP contribution < -0.4 is 5.43 Å². The fourth-order valence-electron chi connectivity index (χ4n) is 0.335. The molecular formula is C3H7N2P. The van der Waals surface area contributed by atoms with Gasteiger partial charge in [0, 0.05) is 13.2 Å². The van der Waals surface area contributed by atoms with E-state index in [4.69, 9.17) is 0 Å². The van der Waals surface area contributed by atoms with Gasteiger partial charge < -0.3 is 5.43 Å². The zero-order chi connectivity index (χ0) is 4.41. The molecule has 0 aromatic heterocycles. The summed E-state index contributed by atoms with van der Waals surface area (Å²) >= 11 is 0. The van der Waals surface area contributed by atoms with E-state index in [1.807, 2.05) is 18.0 Å². The minimum Gasteiger partial charge on any atom is -0.323 e. The second-order valence-corrected chi connectivity index (χ2v) is 2.41. The molecule has 0 fully saturated rings. The Balaban J connectivity index is 2.32. The van der Waals surface area contributed by atoms with E-state index in [1.54, 1.807) is 0 Å². The SMILES string of the molecule is CN1NC=CP1. The largest absolute Gasteiger partial charge is 0.323 e. The molecular weight excluding hydrogens is 95.0 g/mol. The summed E-state index contributed by atoms with van der Waals surface area (Å²) < 4.78 is 2.03. The molecule has 1 atom stereocenters. The topological polar surface area (TPSA) is 15.3 Å². The van der Waals surface area contributed by atoms with Gasteiger partial charge in [-0.3, -0.25) is 0 Å². The van der Waals surface area contributed by atoms with Gasteiger partial charge in [-0.15, -0.1) is 0 Å². The van der Waals surface area contributed by atoms with E-state index in [-0.39, 0.29) is 0 Å². The predicted octanol–water partition coefficient (Wildman–Crippen LogP) is 0.501. The van der Waals surface area contributed by atoms with Gasteiger partial charge >= 0.3 is 0 Å². The van der Waals surface area contributed by atoms with Crippen molar-refractivity contribution in [3.8, 4) is 0 Å². The third-order valence-electron chi connectivity index (χ3n) is 0.620. The van der Waals surface area contributed by atoms with Crippen LogP contribution in [0.5, 0.6) is 0 Å². The minimum atomic E-state index is 0.824. The van der Waals surface area contributed by atoms with Crippen molar-refractivity contribution in [1.82, 2.24) is 10.2 Å². The number of hydrazine groups is 1. The Bertz CT molecular complexity index is 63.2. The molecule has 0 aromatic carbocycles. The van der Waals surface area contributed by atoms with E-state index in [2.05, 4.69) is 11.2 Å². The molecule has 1 unspecified atom stereocenters. The van der Waals surface area contributed by atoms with Gasteiger partial charge in [-0.1, -0.05) is 0 Å².